The van der Waals surface area contributed by atoms with Gasteiger partial charge in [0.25, 0.3) is 0 Å². The molecule has 8 heteroatoms. The van der Waals surface area contributed by atoms with Crippen LogP contribution >= 0.6 is 34.8 Å². The third-order valence-corrected chi connectivity index (χ3v) is 3.62. The van der Waals surface area contributed by atoms with Crippen molar-refractivity contribution in [2.45, 2.75) is 0 Å². The molecule has 0 saturated carbocycles. The van der Waals surface area contributed by atoms with Gasteiger partial charge in [-0.15, -0.1) is 0 Å². The second kappa shape index (κ2) is 7.97. The zero-order valence-corrected chi connectivity index (χ0v) is 13.8. The molecule has 2 N–H and O–H groups in total. The third-order valence-electron chi connectivity index (χ3n) is 2.63. The topological polar surface area (TPSA) is 70.6 Å². The van der Waals surface area contributed by atoms with Gasteiger partial charge in [-0.3, -0.25) is 9.59 Å². The van der Waals surface area contributed by atoms with Crippen LogP contribution in [0.5, 0.6) is 0 Å². The van der Waals surface area contributed by atoms with Crippen LogP contribution in [0.25, 0.3) is 0 Å². The highest BCUT2D eigenvalue weighted by Gasteiger charge is 2.13. The normalized spacial score (nSPS) is 10.6. The van der Waals surface area contributed by atoms with Crippen LogP contribution < -0.4 is 10.7 Å². The van der Waals surface area contributed by atoms with Crippen molar-refractivity contribution in [2.24, 2.45) is 5.10 Å². The maximum absolute atomic E-state index is 11.7. The Morgan fingerprint density at radius 3 is 2.26 bits per heavy atom. The van der Waals surface area contributed by atoms with Crippen LogP contribution in [-0.2, 0) is 9.59 Å². The summed E-state index contributed by atoms with van der Waals surface area (Å²) >= 11 is 17.3. The van der Waals surface area contributed by atoms with Gasteiger partial charge in [-0.1, -0.05) is 46.9 Å². The summed E-state index contributed by atoms with van der Waals surface area (Å²) < 4.78 is 0. The van der Waals surface area contributed by atoms with Gasteiger partial charge in [-0.2, -0.15) is 5.10 Å². The van der Waals surface area contributed by atoms with E-state index in [-0.39, 0.29) is 5.02 Å². The predicted molar refractivity (Wildman–Crippen MR) is 92.3 cm³/mol. The van der Waals surface area contributed by atoms with E-state index in [1.54, 1.807) is 24.3 Å². The fourth-order valence-electron chi connectivity index (χ4n) is 1.53. The minimum Gasteiger partial charge on any atom is -0.318 e. The minimum absolute atomic E-state index is 0.269. The lowest BCUT2D eigenvalue weighted by atomic mass is 10.2. The molecule has 2 aromatic carbocycles. The highest BCUT2D eigenvalue weighted by Crippen LogP contribution is 2.24. The Labute approximate surface area is 147 Å². The standard InChI is InChI=1S/C15H10Cl3N3O2/c16-10-3-1-9(2-4-10)8-19-21-15(23)14(22)20-11-5-6-12(17)13(18)7-11/h1-8H,(H,20,22)(H,21,23)/b19-8-. The first-order valence-electron chi connectivity index (χ1n) is 6.31. The minimum atomic E-state index is -0.915. The summed E-state index contributed by atoms with van der Waals surface area (Å²) in [6, 6.07) is 11.3. The Bertz CT molecular complexity index is 761. The maximum Gasteiger partial charge on any atom is 0.329 e. The SMILES string of the molecule is O=C(N/N=C\c1ccc(Cl)cc1)C(=O)Nc1ccc(Cl)c(Cl)c1. The number of hydrogen-bond acceptors (Lipinski definition) is 3. The zero-order valence-electron chi connectivity index (χ0n) is 11.5. The Hall–Kier alpha value is -2.08. The molecule has 23 heavy (non-hydrogen) atoms. The van der Waals surface area contributed by atoms with E-state index >= 15 is 0 Å². The summed E-state index contributed by atoms with van der Waals surface area (Å²) in [5, 5.41) is 7.28. The van der Waals surface area contributed by atoms with Crippen molar-refractivity contribution in [3.63, 3.8) is 0 Å². The smallest absolute Gasteiger partial charge is 0.318 e. The Kier molecular flexibility index (Phi) is 5.98. The molecule has 0 aromatic heterocycles. The number of rotatable bonds is 3. The summed E-state index contributed by atoms with van der Waals surface area (Å²) in [5.41, 5.74) is 3.19. The van der Waals surface area contributed by atoms with Gasteiger partial charge in [0, 0.05) is 10.7 Å². The third kappa shape index (κ3) is 5.25. The molecule has 2 aromatic rings. The Morgan fingerprint density at radius 1 is 0.913 bits per heavy atom. The molecule has 0 fully saturated rings. The molecule has 0 spiro atoms. The lowest BCUT2D eigenvalue weighted by Crippen LogP contribution is -2.32. The fourth-order valence-corrected chi connectivity index (χ4v) is 1.95. The summed E-state index contributed by atoms with van der Waals surface area (Å²) in [6.45, 7) is 0. The highest BCUT2D eigenvalue weighted by molar-refractivity contribution is 6.43. The molecule has 5 nitrogen and oxygen atoms in total. The number of amides is 2. The van der Waals surface area contributed by atoms with Crippen molar-refractivity contribution in [3.05, 3.63) is 63.1 Å². The molecule has 118 valence electrons. The molecule has 0 aliphatic carbocycles. The van der Waals surface area contributed by atoms with Crippen LogP contribution in [-0.4, -0.2) is 18.0 Å². The number of carbonyl (C=O) groups excluding carboxylic acids is 2. The van der Waals surface area contributed by atoms with Gasteiger partial charge >= 0.3 is 11.8 Å². The van der Waals surface area contributed by atoms with Gasteiger partial charge in [0.2, 0.25) is 0 Å². The van der Waals surface area contributed by atoms with E-state index in [1.807, 2.05) is 0 Å². The quantitative estimate of drug-likeness (QED) is 0.491. The van der Waals surface area contributed by atoms with E-state index in [1.165, 1.54) is 24.4 Å². The van der Waals surface area contributed by atoms with E-state index in [9.17, 15) is 9.59 Å². The van der Waals surface area contributed by atoms with Crippen LogP contribution in [0.4, 0.5) is 5.69 Å². The van der Waals surface area contributed by atoms with E-state index in [4.69, 9.17) is 34.8 Å². The average molecular weight is 371 g/mol. The highest BCUT2D eigenvalue weighted by atomic mass is 35.5. The van der Waals surface area contributed by atoms with Gasteiger partial charge in [0.1, 0.15) is 0 Å². The van der Waals surface area contributed by atoms with Crippen LogP contribution in [0.2, 0.25) is 15.1 Å². The molecule has 0 aliphatic rings. The number of hydrogen-bond donors (Lipinski definition) is 2. The van der Waals surface area contributed by atoms with Crippen molar-refractivity contribution in [2.75, 3.05) is 5.32 Å². The van der Waals surface area contributed by atoms with E-state index in [0.29, 0.717) is 15.7 Å². The van der Waals surface area contributed by atoms with Crippen molar-refractivity contribution >= 4 is 58.5 Å². The summed E-state index contributed by atoms with van der Waals surface area (Å²) in [4.78, 5) is 23.3. The first-order valence-corrected chi connectivity index (χ1v) is 7.44. The molecule has 0 atom stereocenters. The van der Waals surface area contributed by atoms with Gasteiger partial charge in [-0.25, -0.2) is 5.43 Å². The van der Waals surface area contributed by atoms with Gasteiger partial charge in [0.15, 0.2) is 0 Å². The molecular weight excluding hydrogens is 361 g/mol. The zero-order chi connectivity index (χ0) is 16.8. The van der Waals surface area contributed by atoms with Crippen molar-refractivity contribution in [3.8, 4) is 0 Å². The van der Waals surface area contributed by atoms with Crippen LogP contribution in [0.15, 0.2) is 47.6 Å². The second-order valence-corrected chi connectivity index (χ2v) is 5.58. The van der Waals surface area contributed by atoms with E-state index < -0.39 is 11.8 Å². The van der Waals surface area contributed by atoms with Crippen LogP contribution in [0.1, 0.15) is 5.56 Å². The van der Waals surface area contributed by atoms with E-state index in [2.05, 4.69) is 15.8 Å². The number of benzene rings is 2. The predicted octanol–water partition coefficient (Wildman–Crippen LogP) is 3.74. The van der Waals surface area contributed by atoms with Gasteiger partial charge in [0.05, 0.1) is 16.3 Å². The number of nitrogens with one attached hydrogen (secondary N) is 2. The van der Waals surface area contributed by atoms with Crippen LogP contribution in [0.3, 0.4) is 0 Å². The molecule has 0 heterocycles. The molecule has 0 bridgehead atoms. The first-order chi connectivity index (χ1) is 11.0. The largest absolute Gasteiger partial charge is 0.329 e. The van der Waals surface area contributed by atoms with Crippen LogP contribution in [0, 0.1) is 0 Å². The van der Waals surface area contributed by atoms with Gasteiger partial charge < -0.3 is 5.32 Å². The number of carbonyl (C=O) groups is 2. The number of anilines is 1. The monoisotopic (exact) mass is 369 g/mol. The molecule has 0 aliphatic heterocycles. The number of hydrazone groups is 1. The lowest BCUT2D eigenvalue weighted by Gasteiger charge is -2.05. The molecule has 0 radical (unpaired) electrons. The summed E-state index contributed by atoms with van der Waals surface area (Å²) in [5.74, 6) is -1.79. The lowest BCUT2D eigenvalue weighted by molar-refractivity contribution is -0.136. The van der Waals surface area contributed by atoms with Crippen molar-refractivity contribution < 1.29 is 9.59 Å². The average Bonchev–Trinajstić information content (AvgIpc) is 2.52. The number of nitrogens with zero attached hydrogens (tertiary/aromatic N) is 1. The molecule has 2 rings (SSSR count). The first kappa shape index (κ1) is 17.3. The van der Waals surface area contributed by atoms with Crippen molar-refractivity contribution in [1.82, 2.24) is 5.43 Å². The van der Waals surface area contributed by atoms with Crippen molar-refractivity contribution in [1.29, 1.82) is 0 Å². The molecule has 0 saturated heterocycles. The van der Waals surface area contributed by atoms with Gasteiger partial charge in [-0.05, 0) is 35.9 Å². The van der Waals surface area contributed by atoms with E-state index in [0.717, 1.165) is 5.56 Å². The summed E-state index contributed by atoms with van der Waals surface area (Å²) in [6.07, 6.45) is 1.39. The Morgan fingerprint density at radius 2 is 1.61 bits per heavy atom. The Balaban J connectivity index is 1.90. The molecule has 2 amide bonds. The second-order valence-electron chi connectivity index (χ2n) is 4.33. The molecular formula is C15H10Cl3N3O2. The number of halogens is 3. The fraction of sp³-hybridized carbons (Fsp3) is 0. The maximum atomic E-state index is 11.7. The summed E-state index contributed by atoms with van der Waals surface area (Å²) in [7, 11) is 0. The molecule has 0 unspecified atom stereocenters.